The number of amides is 1. The van der Waals surface area contributed by atoms with Gasteiger partial charge in [-0.3, -0.25) is 4.79 Å². The van der Waals surface area contributed by atoms with Crippen molar-refractivity contribution in [3.05, 3.63) is 47.5 Å². The third kappa shape index (κ3) is 4.27. The van der Waals surface area contributed by atoms with Gasteiger partial charge in [0.05, 0.1) is 12.0 Å². The van der Waals surface area contributed by atoms with Gasteiger partial charge in [-0.2, -0.15) is 0 Å². The van der Waals surface area contributed by atoms with Crippen molar-refractivity contribution in [1.29, 1.82) is 0 Å². The number of benzene rings is 1. The highest BCUT2D eigenvalue weighted by Crippen LogP contribution is 2.37. The Hall–Kier alpha value is -2.58. The number of halogens is 1. The summed E-state index contributed by atoms with van der Waals surface area (Å²) in [7, 11) is 0. The minimum absolute atomic E-state index is 0.106. The van der Waals surface area contributed by atoms with E-state index < -0.39 is 0 Å². The van der Waals surface area contributed by atoms with Gasteiger partial charge in [0.1, 0.15) is 22.2 Å². The van der Waals surface area contributed by atoms with Crippen molar-refractivity contribution in [2.24, 2.45) is 0 Å². The predicted molar refractivity (Wildman–Crippen MR) is 120 cm³/mol. The molecule has 5 rings (SSSR count). The fourth-order valence-electron chi connectivity index (χ4n) is 4.57. The summed E-state index contributed by atoms with van der Waals surface area (Å²) >= 11 is 1.46. The molecule has 1 aliphatic carbocycles. The van der Waals surface area contributed by atoms with Crippen molar-refractivity contribution in [2.45, 2.75) is 50.6 Å². The van der Waals surface area contributed by atoms with Crippen LogP contribution in [0, 0.1) is 5.82 Å². The van der Waals surface area contributed by atoms with Gasteiger partial charge in [0.25, 0.3) is 5.91 Å². The van der Waals surface area contributed by atoms with Gasteiger partial charge in [0, 0.05) is 23.0 Å². The van der Waals surface area contributed by atoms with E-state index in [-0.39, 0.29) is 17.8 Å². The molecule has 0 bridgehead atoms. The second-order valence-electron chi connectivity index (χ2n) is 8.33. The molecule has 0 radical (unpaired) electrons. The Kier molecular flexibility index (Phi) is 5.82. The molecule has 2 N–H and O–H groups in total. The summed E-state index contributed by atoms with van der Waals surface area (Å²) in [5, 5.41) is 9.12. The average molecular weight is 440 g/mol. The number of rotatable bonds is 5. The molecule has 1 saturated heterocycles. The Bertz CT molecular complexity index is 1050. The molecule has 3 aromatic rings. The fourth-order valence-corrected chi connectivity index (χ4v) is 5.42. The number of hydrogen-bond acceptors (Lipinski definition) is 5. The van der Waals surface area contributed by atoms with Crippen LogP contribution in [-0.4, -0.2) is 39.6 Å². The largest absolute Gasteiger partial charge is 0.348 e. The van der Waals surface area contributed by atoms with E-state index in [0.29, 0.717) is 11.7 Å². The number of carbonyl (C=O) groups excluding carboxylic acids is 1. The highest BCUT2D eigenvalue weighted by atomic mass is 32.1. The van der Waals surface area contributed by atoms with Crippen molar-refractivity contribution in [3.63, 3.8) is 0 Å². The molecule has 2 aliphatic rings. The van der Waals surface area contributed by atoms with Gasteiger partial charge < -0.3 is 15.2 Å². The van der Waals surface area contributed by atoms with E-state index in [1.807, 2.05) is 11.7 Å². The van der Waals surface area contributed by atoms with Crippen LogP contribution in [0.25, 0.3) is 22.0 Å². The van der Waals surface area contributed by atoms with E-state index >= 15 is 0 Å². The number of nitrogens with zero attached hydrogens (tertiary/aromatic N) is 3. The van der Waals surface area contributed by atoms with Crippen LogP contribution in [0.3, 0.4) is 0 Å². The number of imidazole rings is 1. The molecule has 0 spiro atoms. The highest BCUT2D eigenvalue weighted by molar-refractivity contribution is 7.13. The molecule has 8 heteroatoms. The standard InChI is InChI=1S/C23H26FN5OS/c24-16-7-5-15(6-8-16)20-21(29(14-26-20)18-9-11-25-12-10-18)23-28-19(13-31-23)22(30)27-17-3-1-2-4-17/h5-8,13-14,17-18,25H,1-4,9-12H2,(H,27,30). The molecular weight excluding hydrogens is 413 g/mol. The van der Waals surface area contributed by atoms with Crippen LogP contribution < -0.4 is 10.6 Å². The molecule has 1 saturated carbocycles. The van der Waals surface area contributed by atoms with Crippen LogP contribution in [-0.2, 0) is 0 Å². The van der Waals surface area contributed by atoms with E-state index in [0.717, 1.165) is 60.7 Å². The van der Waals surface area contributed by atoms with Gasteiger partial charge in [-0.25, -0.2) is 14.4 Å². The van der Waals surface area contributed by atoms with Crippen LogP contribution in [0.1, 0.15) is 55.1 Å². The average Bonchev–Trinajstić information content (AvgIpc) is 3.55. The first-order valence-electron chi connectivity index (χ1n) is 11.0. The van der Waals surface area contributed by atoms with Crippen LogP contribution in [0.2, 0.25) is 0 Å². The van der Waals surface area contributed by atoms with E-state index in [2.05, 4.69) is 15.2 Å². The third-order valence-corrected chi connectivity index (χ3v) is 7.09. The summed E-state index contributed by atoms with van der Waals surface area (Å²) in [5.41, 5.74) is 2.98. The number of nitrogens with one attached hydrogen (secondary N) is 2. The lowest BCUT2D eigenvalue weighted by Gasteiger charge is -2.25. The number of carbonyl (C=O) groups is 1. The van der Waals surface area contributed by atoms with Gasteiger partial charge in [-0.05, 0) is 63.0 Å². The third-order valence-electron chi connectivity index (χ3n) is 6.24. The Morgan fingerprint density at radius 3 is 2.61 bits per heavy atom. The van der Waals surface area contributed by atoms with Gasteiger partial charge in [0.15, 0.2) is 0 Å². The summed E-state index contributed by atoms with van der Waals surface area (Å²) in [6.45, 7) is 1.92. The van der Waals surface area contributed by atoms with Crippen molar-refractivity contribution < 1.29 is 9.18 Å². The first-order valence-corrected chi connectivity index (χ1v) is 11.9. The molecular formula is C23H26FN5OS. The number of hydrogen-bond donors (Lipinski definition) is 2. The summed E-state index contributed by atoms with van der Waals surface area (Å²) in [5.74, 6) is -0.381. The number of aromatic nitrogens is 3. The van der Waals surface area contributed by atoms with Gasteiger partial charge in [-0.1, -0.05) is 12.8 Å². The van der Waals surface area contributed by atoms with Gasteiger partial charge >= 0.3 is 0 Å². The lowest BCUT2D eigenvalue weighted by atomic mass is 10.1. The Morgan fingerprint density at radius 2 is 1.87 bits per heavy atom. The Balaban J connectivity index is 1.50. The van der Waals surface area contributed by atoms with Crippen molar-refractivity contribution in [1.82, 2.24) is 25.2 Å². The Labute approximate surface area is 184 Å². The molecule has 0 unspecified atom stereocenters. The van der Waals surface area contributed by atoms with Gasteiger partial charge in [-0.15, -0.1) is 11.3 Å². The molecule has 2 fully saturated rings. The minimum atomic E-state index is -0.275. The topological polar surface area (TPSA) is 71.8 Å². The van der Waals surface area contributed by atoms with E-state index in [9.17, 15) is 9.18 Å². The molecule has 1 aromatic carbocycles. The van der Waals surface area contributed by atoms with Crippen LogP contribution in [0.4, 0.5) is 4.39 Å². The first-order chi connectivity index (χ1) is 15.2. The van der Waals surface area contributed by atoms with Crippen molar-refractivity contribution in [2.75, 3.05) is 13.1 Å². The second-order valence-corrected chi connectivity index (χ2v) is 9.19. The monoisotopic (exact) mass is 439 g/mol. The van der Waals surface area contributed by atoms with Crippen LogP contribution >= 0.6 is 11.3 Å². The maximum atomic E-state index is 13.5. The van der Waals surface area contributed by atoms with Crippen molar-refractivity contribution in [3.8, 4) is 22.0 Å². The zero-order chi connectivity index (χ0) is 21.2. The highest BCUT2D eigenvalue weighted by Gasteiger charge is 2.26. The predicted octanol–water partition coefficient (Wildman–Crippen LogP) is 4.41. The Morgan fingerprint density at radius 1 is 1.13 bits per heavy atom. The van der Waals surface area contributed by atoms with Gasteiger partial charge in [0.2, 0.25) is 0 Å². The van der Waals surface area contributed by atoms with E-state index in [1.165, 1.54) is 36.3 Å². The fraction of sp³-hybridized carbons (Fsp3) is 0.435. The van der Waals surface area contributed by atoms with E-state index in [1.54, 1.807) is 12.1 Å². The SMILES string of the molecule is O=C(NC1CCCC1)c1csc(-c2c(-c3ccc(F)cc3)ncn2C2CCNCC2)n1. The molecule has 1 amide bonds. The summed E-state index contributed by atoms with van der Waals surface area (Å²) < 4.78 is 15.7. The smallest absolute Gasteiger partial charge is 0.270 e. The molecule has 0 atom stereocenters. The van der Waals surface area contributed by atoms with Crippen LogP contribution in [0.5, 0.6) is 0 Å². The molecule has 1 aliphatic heterocycles. The maximum absolute atomic E-state index is 13.5. The lowest BCUT2D eigenvalue weighted by molar-refractivity contribution is 0.0933. The second kappa shape index (κ2) is 8.88. The summed E-state index contributed by atoms with van der Waals surface area (Å²) in [4.78, 5) is 22.1. The molecule has 2 aromatic heterocycles. The quantitative estimate of drug-likeness (QED) is 0.618. The summed E-state index contributed by atoms with van der Waals surface area (Å²) in [6.07, 6.45) is 8.30. The molecule has 31 heavy (non-hydrogen) atoms. The zero-order valence-electron chi connectivity index (χ0n) is 17.3. The number of thiazole rings is 1. The first kappa shape index (κ1) is 20.3. The summed E-state index contributed by atoms with van der Waals surface area (Å²) in [6, 6.07) is 6.96. The maximum Gasteiger partial charge on any atom is 0.270 e. The van der Waals surface area contributed by atoms with Crippen molar-refractivity contribution >= 4 is 17.2 Å². The van der Waals surface area contributed by atoms with E-state index in [4.69, 9.17) is 9.97 Å². The molecule has 162 valence electrons. The number of piperidine rings is 1. The lowest BCUT2D eigenvalue weighted by Crippen LogP contribution is -2.32. The zero-order valence-corrected chi connectivity index (χ0v) is 18.1. The van der Waals surface area contributed by atoms with Crippen LogP contribution in [0.15, 0.2) is 36.0 Å². The molecule has 6 nitrogen and oxygen atoms in total. The molecule has 3 heterocycles. The normalized spacial score (nSPS) is 17.8. The minimum Gasteiger partial charge on any atom is -0.348 e.